The summed E-state index contributed by atoms with van der Waals surface area (Å²) in [6, 6.07) is 5.23. The number of methoxy groups -OCH3 is 1. The molecule has 1 aromatic carbocycles. The maximum Gasteiger partial charge on any atom is 0.194 e. The van der Waals surface area contributed by atoms with Crippen LogP contribution in [0, 0.1) is 5.41 Å². The van der Waals surface area contributed by atoms with Gasteiger partial charge in [0.05, 0.1) is 20.3 Å². The molecule has 25 heavy (non-hydrogen) atoms. The zero-order valence-electron chi connectivity index (χ0n) is 15.0. The summed E-state index contributed by atoms with van der Waals surface area (Å²) in [5.74, 6) is 1.88. The van der Waals surface area contributed by atoms with Crippen LogP contribution >= 0.6 is 24.0 Å². The van der Waals surface area contributed by atoms with Crippen molar-refractivity contribution < 1.29 is 14.6 Å². The molecule has 1 aromatic rings. The summed E-state index contributed by atoms with van der Waals surface area (Å²) in [5.41, 5.74) is 1.07. The van der Waals surface area contributed by atoms with Gasteiger partial charge in [0.2, 0.25) is 0 Å². The van der Waals surface area contributed by atoms with Crippen LogP contribution in [0.2, 0.25) is 0 Å². The van der Waals surface area contributed by atoms with Gasteiger partial charge in [-0.3, -0.25) is 0 Å². The van der Waals surface area contributed by atoms with E-state index in [1.165, 1.54) is 0 Å². The molecule has 2 saturated heterocycles. The number of halogens is 1. The van der Waals surface area contributed by atoms with Crippen LogP contribution in [-0.4, -0.2) is 55.9 Å². The smallest absolute Gasteiger partial charge is 0.194 e. The fourth-order valence-electron chi connectivity index (χ4n) is 3.49. The van der Waals surface area contributed by atoms with E-state index in [1.54, 1.807) is 19.2 Å². The molecule has 2 aliphatic heterocycles. The molecule has 3 rings (SSSR count). The highest BCUT2D eigenvalue weighted by Gasteiger charge is 2.42. The SMILES string of the molecule is CCNC(=NCc1cc(OC)ccc1O)N1CCC2(CCOC2)C1.I. The quantitative estimate of drug-likeness (QED) is 0.410. The molecule has 7 heteroatoms. The first-order chi connectivity index (χ1) is 11.7. The highest BCUT2D eigenvalue weighted by molar-refractivity contribution is 14.0. The average molecular weight is 461 g/mol. The van der Waals surface area contributed by atoms with Gasteiger partial charge in [-0.2, -0.15) is 0 Å². The zero-order valence-corrected chi connectivity index (χ0v) is 17.3. The van der Waals surface area contributed by atoms with Crippen LogP contribution in [0.15, 0.2) is 23.2 Å². The number of aliphatic imine (C=N–C) groups is 1. The number of guanidine groups is 1. The first-order valence-electron chi connectivity index (χ1n) is 8.63. The van der Waals surface area contributed by atoms with E-state index in [-0.39, 0.29) is 29.7 Å². The van der Waals surface area contributed by atoms with E-state index in [4.69, 9.17) is 14.5 Å². The lowest BCUT2D eigenvalue weighted by Gasteiger charge is -2.25. The van der Waals surface area contributed by atoms with Gasteiger partial charge in [0, 0.05) is 37.2 Å². The Morgan fingerprint density at radius 2 is 2.28 bits per heavy atom. The Bertz CT molecular complexity index is 603. The van der Waals surface area contributed by atoms with Gasteiger partial charge >= 0.3 is 0 Å². The van der Waals surface area contributed by atoms with Gasteiger partial charge in [0.15, 0.2) is 5.96 Å². The number of phenolic OH excluding ortho intramolecular Hbond substituents is 1. The average Bonchev–Trinajstić information content (AvgIpc) is 3.23. The number of phenols is 1. The first kappa shape index (κ1) is 20.1. The van der Waals surface area contributed by atoms with Gasteiger partial charge in [0.25, 0.3) is 0 Å². The third-order valence-corrected chi connectivity index (χ3v) is 4.94. The van der Waals surface area contributed by atoms with Crippen LogP contribution in [0.25, 0.3) is 0 Å². The molecule has 1 unspecified atom stereocenters. The molecule has 1 atom stereocenters. The number of nitrogens with zero attached hydrogens (tertiary/aromatic N) is 2. The second kappa shape index (κ2) is 8.93. The topological polar surface area (TPSA) is 66.3 Å². The maximum atomic E-state index is 10.0. The van der Waals surface area contributed by atoms with Crippen LogP contribution in [0.4, 0.5) is 0 Å². The number of likely N-dealkylation sites (tertiary alicyclic amines) is 1. The Morgan fingerprint density at radius 1 is 1.44 bits per heavy atom. The Labute approximate surface area is 166 Å². The van der Waals surface area contributed by atoms with E-state index in [0.29, 0.717) is 12.0 Å². The van der Waals surface area contributed by atoms with Crippen molar-refractivity contribution in [1.29, 1.82) is 0 Å². The van der Waals surface area contributed by atoms with E-state index in [2.05, 4.69) is 17.1 Å². The normalized spacial score (nSPS) is 23.0. The molecule has 2 aliphatic rings. The predicted molar refractivity (Wildman–Crippen MR) is 109 cm³/mol. The van der Waals surface area contributed by atoms with E-state index >= 15 is 0 Å². The highest BCUT2D eigenvalue weighted by atomic mass is 127. The molecule has 0 bridgehead atoms. The molecule has 140 valence electrons. The molecular weight excluding hydrogens is 433 g/mol. The zero-order chi connectivity index (χ0) is 17.0. The lowest BCUT2D eigenvalue weighted by Crippen LogP contribution is -2.41. The number of hydrogen-bond donors (Lipinski definition) is 2. The van der Waals surface area contributed by atoms with Crippen LogP contribution in [0.1, 0.15) is 25.3 Å². The third kappa shape index (κ3) is 4.69. The molecule has 0 aliphatic carbocycles. The number of benzene rings is 1. The van der Waals surface area contributed by atoms with Crippen molar-refractivity contribution in [3.63, 3.8) is 0 Å². The molecule has 2 heterocycles. The molecule has 0 amide bonds. The molecular formula is C18H28IN3O3. The second-order valence-corrected chi connectivity index (χ2v) is 6.64. The summed E-state index contributed by atoms with van der Waals surface area (Å²) < 4.78 is 10.8. The third-order valence-electron chi connectivity index (χ3n) is 4.94. The van der Waals surface area contributed by atoms with E-state index in [9.17, 15) is 5.11 Å². The number of hydrogen-bond acceptors (Lipinski definition) is 4. The largest absolute Gasteiger partial charge is 0.508 e. The summed E-state index contributed by atoms with van der Waals surface area (Å²) >= 11 is 0. The monoisotopic (exact) mass is 461 g/mol. The minimum atomic E-state index is 0. The van der Waals surface area contributed by atoms with Gasteiger partial charge in [-0.1, -0.05) is 0 Å². The van der Waals surface area contributed by atoms with E-state index in [1.807, 2.05) is 6.07 Å². The van der Waals surface area contributed by atoms with Gasteiger partial charge in [-0.15, -0.1) is 24.0 Å². The number of ether oxygens (including phenoxy) is 2. The Morgan fingerprint density at radius 3 is 2.96 bits per heavy atom. The highest BCUT2D eigenvalue weighted by Crippen LogP contribution is 2.38. The van der Waals surface area contributed by atoms with Crippen LogP contribution < -0.4 is 10.1 Å². The molecule has 0 radical (unpaired) electrons. The fourth-order valence-corrected chi connectivity index (χ4v) is 3.49. The van der Waals surface area contributed by atoms with Crippen molar-refractivity contribution in [2.24, 2.45) is 10.4 Å². The van der Waals surface area contributed by atoms with Crippen LogP contribution in [0.3, 0.4) is 0 Å². The van der Waals surface area contributed by atoms with Crippen molar-refractivity contribution in [2.75, 3.05) is 40.0 Å². The van der Waals surface area contributed by atoms with Gasteiger partial charge in [-0.05, 0) is 38.0 Å². The molecule has 0 saturated carbocycles. The number of rotatable bonds is 4. The minimum Gasteiger partial charge on any atom is -0.508 e. The standard InChI is InChI=1S/C18H27N3O3.HI/c1-3-19-17(21-8-6-18(12-21)7-9-24-13-18)20-11-14-10-15(23-2)4-5-16(14)22;/h4-5,10,22H,3,6-9,11-13H2,1-2H3,(H,19,20);1H. The van der Waals surface area contributed by atoms with Crippen molar-refractivity contribution in [3.8, 4) is 11.5 Å². The lowest BCUT2D eigenvalue weighted by molar-refractivity contribution is 0.156. The summed E-state index contributed by atoms with van der Waals surface area (Å²) in [6.45, 7) is 7.04. The van der Waals surface area contributed by atoms with E-state index in [0.717, 1.165) is 63.0 Å². The lowest BCUT2D eigenvalue weighted by atomic mass is 9.87. The van der Waals surface area contributed by atoms with Crippen molar-refractivity contribution in [2.45, 2.75) is 26.3 Å². The van der Waals surface area contributed by atoms with Crippen LogP contribution in [-0.2, 0) is 11.3 Å². The minimum absolute atomic E-state index is 0. The molecule has 1 spiro atoms. The van der Waals surface area contributed by atoms with E-state index < -0.39 is 0 Å². The van der Waals surface area contributed by atoms with Crippen molar-refractivity contribution in [3.05, 3.63) is 23.8 Å². The Balaban J connectivity index is 0.00000225. The molecule has 6 nitrogen and oxygen atoms in total. The van der Waals surface area contributed by atoms with Gasteiger partial charge < -0.3 is 24.8 Å². The summed E-state index contributed by atoms with van der Waals surface area (Å²) in [4.78, 5) is 7.05. The summed E-state index contributed by atoms with van der Waals surface area (Å²) in [7, 11) is 1.62. The van der Waals surface area contributed by atoms with Gasteiger partial charge in [-0.25, -0.2) is 4.99 Å². The first-order valence-corrected chi connectivity index (χ1v) is 8.63. The summed E-state index contributed by atoms with van der Waals surface area (Å²) in [6.07, 6.45) is 2.29. The van der Waals surface area contributed by atoms with Crippen molar-refractivity contribution in [1.82, 2.24) is 10.2 Å². The van der Waals surface area contributed by atoms with Crippen molar-refractivity contribution >= 4 is 29.9 Å². The fraction of sp³-hybridized carbons (Fsp3) is 0.611. The maximum absolute atomic E-state index is 10.0. The van der Waals surface area contributed by atoms with Gasteiger partial charge in [0.1, 0.15) is 11.5 Å². The molecule has 0 aromatic heterocycles. The second-order valence-electron chi connectivity index (χ2n) is 6.64. The molecule has 2 fully saturated rings. The van der Waals surface area contributed by atoms with Crippen LogP contribution in [0.5, 0.6) is 11.5 Å². The number of nitrogens with one attached hydrogen (secondary N) is 1. The summed E-state index contributed by atoms with van der Waals surface area (Å²) in [5, 5.41) is 13.4. The predicted octanol–water partition coefficient (Wildman–Crippen LogP) is 2.60. The number of aromatic hydroxyl groups is 1. The molecule has 2 N–H and O–H groups in total. The Hall–Kier alpha value is -1.22. The Kier molecular flexibility index (Phi) is 7.18.